The molecule has 10 heteroatoms. The Kier molecular flexibility index (Phi) is 10.5. The first-order chi connectivity index (χ1) is 13.6. The van der Waals surface area contributed by atoms with Gasteiger partial charge >= 0.3 is 5.97 Å². The molecule has 1 heterocycles. The quantitative estimate of drug-likeness (QED) is 0.254. The van der Waals surface area contributed by atoms with Crippen LogP contribution in [0.3, 0.4) is 0 Å². The molecule has 5 atom stereocenters. The van der Waals surface area contributed by atoms with Gasteiger partial charge in [0, 0.05) is 5.75 Å². The summed E-state index contributed by atoms with van der Waals surface area (Å²) in [5.41, 5.74) is 0. The van der Waals surface area contributed by atoms with Crippen molar-refractivity contribution in [3.8, 4) is 0 Å². The number of aliphatic carboxylic acids is 1. The lowest BCUT2D eigenvalue weighted by molar-refractivity contribution is -0.143. The fourth-order valence-corrected chi connectivity index (χ4v) is 3.35. The minimum atomic E-state index is -1.13. The van der Waals surface area contributed by atoms with Crippen LogP contribution >= 0.6 is 12.6 Å². The third-order valence-electron chi connectivity index (χ3n) is 5.22. The monoisotopic (exact) mass is 430 g/mol. The fraction of sp³-hybridized carbons (Fsp3) is 0.789. The number of nitrogens with one attached hydrogen (secondary N) is 4. The highest BCUT2D eigenvalue weighted by Crippen LogP contribution is 2.10. The normalized spacial score (nSPS) is 20.4. The number of carbonyl (C=O) groups excluding carboxylic acids is 3. The van der Waals surface area contributed by atoms with E-state index in [0.717, 1.165) is 13.0 Å². The van der Waals surface area contributed by atoms with Crippen molar-refractivity contribution in [1.29, 1.82) is 0 Å². The molecular weight excluding hydrogens is 396 g/mol. The van der Waals surface area contributed by atoms with E-state index in [-0.39, 0.29) is 29.5 Å². The van der Waals surface area contributed by atoms with Crippen LogP contribution in [0.2, 0.25) is 0 Å². The van der Waals surface area contributed by atoms with E-state index in [0.29, 0.717) is 12.8 Å². The van der Waals surface area contributed by atoms with E-state index < -0.39 is 35.9 Å². The van der Waals surface area contributed by atoms with Gasteiger partial charge in [0.15, 0.2) is 0 Å². The first kappa shape index (κ1) is 25.2. The molecule has 1 saturated heterocycles. The predicted molar refractivity (Wildman–Crippen MR) is 113 cm³/mol. The molecule has 166 valence electrons. The van der Waals surface area contributed by atoms with Crippen molar-refractivity contribution >= 4 is 36.3 Å². The number of carboxylic acid groups (broad SMARTS) is 1. The third-order valence-corrected chi connectivity index (χ3v) is 5.58. The molecule has 1 aliphatic heterocycles. The van der Waals surface area contributed by atoms with Crippen molar-refractivity contribution in [2.75, 3.05) is 12.3 Å². The molecule has 1 fully saturated rings. The minimum absolute atomic E-state index is 0.00659. The van der Waals surface area contributed by atoms with E-state index >= 15 is 0 Å². The van der Waals surface area contributed by atoms with Crippen molar-refractivity contribution in [3.63, 3.8) is 0 Å². The van der Waals surface area contributed by atoms with Gasteiger partial charge in [0.05, 0.1) is 6.04 Å². The van der Waals surface area contributed by atoms with Crippen LogP contribution in [0.4, 0.5) is 0 Å². The van der Waals surface area contributed by atoms with Gasteiger partial charge in [-0.05, 0) is 31.2 Å². The van der Waals surface area contributed by atoms with Gasteiger partial charge < -0.3 is 26.4 Å². The maximum atomic E-state index is 12.7. The largest absolute Gasteiger partial charge is 0.480 e. The van der Waals surface area contributed by atoms with Crippen LogP contribution in [0.5, 0.6) is 0 Å². The highest BCUT2D eigenvalue weighted by atomic mass is 32.1. The molecule has 0 aromatic rings. The molecule has 29 heavy (non-hydrogen) atoms. The van der Waals surface area contributed by atoms with Crippen LogP contribution in [-0.2, 0) is 19.2 Å². The molecule has 0 bridgehead atoms. The SMILES string of the molecule is CCC(C)C(NC(=O)C(CS)NC(=O)C(NC(=O)C1CCCN1)C(C)C)C(=O)O. The Morgan fingerprint density at radius 2 is 1.72 bits per heavy atom. The zero-order chi connectivity index (χ0) is 22.1. The number of hydrogen-bond acceptors (Lipinski definition) is 6. The summed E-state index contributed by atoms with van der Waals surface area (Å²) in [6.45, 7) is 7.92. The minimum Gasteiger partial charge on any atom is -0.480 e. The molecular formula is C19H34N4O5S. The van der Waals surface area contributed by atoms with Gasteiger partial charge in [0.1, 0.15) is 18.1 Å². The van der Waals surface area contributed by atoms with Crippen LogP contribution in [0, 0.1) is 11.8 Å². The van der Waals surface area contributed by atoms with Gasteiger partial charge in [-0.2, -0.15) is 12.6 Å². The van der Waals surface area contributed by atoms with E-state index in [1.807, 2.05) is 6.92 Å². The number of rotatable bonds is 11. The maximum Gasteiger partial charge on any atom is 0.326 e. The van der Waals surface area contributed by atoms with Gasteiger partial charge in [-0.15, -0.1) is 0 Å². The molecule has 0 aromatic heterocycles. The van der Waals surface area contributed by atoms with Crippen molar-refractivity contribution in [2.24, 2.45) is 11.8 Å². The highest BCUT2D eigenvalue weighted by molar-refractivity contribution is 7.80. The zero-order valence-electron chi connectivity index (χ0n) is 17.5. The molecule has 1 rings (SSSR count). The first-order valence-electron chi connectivity index (χ1n) is 10.1. The summed E-state index contributed by atoms with van der Waals surface area (Å²) in [6, 6.07) is -3.20. The second-order valence-corrected chi connectivity index (χ2v) is 8.20. The van der Waals surface area contributed by atoms with Gasteiger partial charge in [-0.1, -0.05) is 34.1 Å². The number of amides is 3. The summed E-state index contributed by atoms with van der Waals surface area (Å²) < 4.78 is 0. The molecule has 9 nitrogen and oxygen atoms in total. The van der Waals surface area contributed by atoms with Crippen LogP contribution in [0.15, 0.2) is 0 Å². The molecule has 5 unspecified atom stereocenters. The Balaban J connectivity index is 2.77. The van der Waals surface area contributed by atoms with E-state index in [9.17, 15) is 24.3 Å². The molecule has 0 aromatic carbocycles. The van der Waals surface area contributed by atoms with E-state index in [1.165, 1.54) is 0 Å². The maximum absolute atomic E-state index is 12.7. The van der Waals surface area contributed by atoms with Gasteiger partial charge in [-0.3, -0.25) is 14.4 Å². The number of carboxylic acids is 1. The fourth-order valence-electron chi connectivity index (χ4n) is 3.09. The Morgan fingerprint density at radius 1 is 1.07 bits per heavy atom. The summed E-state index contributed by atoms with van der Waals surface area (Å²) in [7, 11) is 0. The molecule has 0 radical (unpaired) electrons. The van der Waals surface area contributed by atoms with Crippen molar-refractivity contribution in [2.45, 2.75) is 71.1 Å². The predicted octanol–water partition coefficient (Wildman–Crippen LogP) is -0.0907. The second kappa shape index (κ2) is 12.0. The first-order valence-corrected chi connectivity index (χ1v) is 10.7. The average molecular weight is 431 g/mol. The van der Waals surface area contributed by atoms with E-state index in [2.05, 4.69) is 33.9 Å². The molecule has 5 N–H and O–H groups in total. The summed E-state index contributed by atoms with van der Waals surface area (Å²) in [6.07, 6.45) is 2.19. The van der Waals surface area contributed by atoms with Crippen LogP contribution in [0.25, 0.3) is 0 Å². The molecule has 0 spiro atoms. The van der Waals surface area contributed by atoms with E-state index in [4.69, 9.17) is 0 Å². The molecule has 0 saturated carbocycles. The summed E-state index contributed by atoms with van der Waals surface area (Å²) in [5.74, 6) is -2.97. The summed E-state index contributed by atoms with van der Waals surface area (Å²) in [5, 5.41) is 20.2. The zero-order valence-corrected chi connectivity index (χ0v) is 18.4. The summed E-state index contributed by atoms with van der Waals surface area (Å²) >= 11 is 4.12. The lowest BCUT2D eigenvalue weighted by atomic mass is 9.99. The highest BCUT2D eigenvalue weighted by Gasteiger charge is 2.33. The molecule has 3 amide bonds. The van der Waals surface area contributed by atoms with Crippen molar-refractivity contribution < 1.29 is 24.3 Å². The lowest BCUT2D eigenvalue weighted by Gasteiger charge is -2.27. The average Bonchev–Trinajstić information content (AvgIpc) is 3.21. The topological polar surface area (TPSA) is 137 Å². The Morgan fingerprint density at radius 3 is 2.17 bits per heavy atom. The molecule has 1 aliphatic rings. The number of thiol groups is 1. The third kappa shape index (κ3) is 7.50. The van der Waals surface area contributed by atoms with Crippen molar-refractivity contribution in [3.05, 3.63) is 0 Å². The standard InChI is InChI=1S/C19H34N4O5S/c1-5-11(4)15(19(27)28)23-17(25)13(9-29)21-18(26)14(10(2)3)22-16(24)12-7-6-8-20-12/h10-15,20,29H,5-9H2,1-4H3,(H,21,26)(H,22,24)(H,23,25)(H,27,28). The van der Waals surface area contributed by atoms with Crippen LogP contribution < -0.4 is 21.3 Å². The Bertz CT molecular complexity index is 595. The number of carbonyl (C=O) groups is 4. The Hall–Kier alpha value is -1.81. The van der Waals surface area contributed by atoms with E-state index in [1.54, 1.807) is 20.8 Å². The van der Waals surface area contributed by atoms with Gasteiger partial charge in [-0.25, -0.2) is 4.79 Å². The van der Waals surface area contributed by atoms with Gasteiger partial charge in [0.2, 0.25) is 17.7 Å². The van der Waals surface area contributed by atoms with Crippen LogP contribution in [-0.4, -0.2) is 65.3 Å². The number of hydrogen-bond donors (Lipinski definition) is 6. The Labute approximate surface area is 177 Å². The molecule has 0 aliphatic carbocycles. The second-order valence-electron chi connectivity index (χ2n) is 7.83. The van der Waals surface area contributed by atoms with Crippen LogP contribution in [0.1, 0.15) is 47.0 Å². The van der Waals surface area contributed by atoms with Crippen molar-refractivity contribution in [1.82, 2.24) is 21.3 Å². The lowest BCUT2D eigenvalue weighted by Crippen LogP contribution is -2.59. The summed E-state index contributed by atoms with van der Waals surface area (Å²) in [4.78, 5) is 49.1. The smallest absolute Gasteiger partial charge is 0.326 e. The van der Waals surface area contributed by atoms with Gasteiger partial charge in [0.25, 0.3) is 0 Å².